The molecule has 15 aromatic rings. The molecule has 0 saturated heterocycles. The summed E-state index contributed by atoms with van der Waals surface area (Å²) in [5.74, 6) is 0. The first-order valence-electron chi connectivity index (χ1n) is 22.6. The largest absolute Gasteiger partial charge is 0.309 e. The molecule has 0 aliphatic heterocycles. The van der Waals surface area contributed by atoms with Gasteiger partial charge in [-0.2, -0.15) is 0 Å². The Morgan fingerprint density at radius 3 is 1.45 bits per heavy atom. The Bertz CT molecular complexity index is 4600. The van der Waals surface area contributed by atoms with E-state index in [9.17, 15) is 4.79 Å². The van der Waals surface area contributed by atoms with E-state index in [1.54, 1.807) is 0 Å². The molecule has 0 radical (unpaired) electrons. The van der Waals surface area contributed by atoms with Gasteiger partial charge in [-0.1, -0.05) is 146 Å². The van der Waals surface area contributed by atoms with Crippen molar-refractivity contribution < 1.29 is 0 Å². The van der Waals surface area contributed by atoms with Crippen LogP contribution in [0.4, 0.5) is 0 Å². The summed E-state index contributed by atoms with van der Waals surface area (Å²) in [5.41, 5.74) is 14.3. The number of nitrogens with zero attached hydrogens (tertiary/aromatic N) is 4. The Morgan fingerprint density at radius 1 is 0.273 bits per heavy atom. The smallest absolute Gasteiger partial charge is 0.263 e. The molecule has 0 amide bonds. The van der Waals surface area contributed by atoms with Crippen LogP contribution < -0.4 is 5.56 Å². The zero-order valence-electron chi connectivity index (χ0n) is 35.5. The molecular formula is C61H36N4O. The highest BCUT2D eigenvalue weighted by Gasteiger charge is 2.23. The van der Waals surface area contributed by atoms with Crippen LogP contribution in [0.2, 0.25) is 0 Å². The molecular weight excluding hydrogens is 805 g/mol. The third kappa shape index (κ3) is 4.60. The minimum absolute atomic E-state index is 0.0108. The zero-order valence-corrected chi connectivity index (χ0v) is 35.5. The molecule has 0 fully saturated rings. The van der Waals surface area contributed by atoms with Gasteiger partial charge in [-0.25, -0.2) is 0 Å². The third-order valence-corrected chi connectivity index (χ3v) is 14.3. The molecule has 5 nitrogen and oxygen atoms in total. The SMILES string of the molecule is O=c1c2cccc(-c3cccc(-n4c5ccccc5c5cc(-n6c7ccccc7c7ccc8c9ccccc9n(-c9ccccc9)c8c76)ccc54)c3)c2c2cccc3c4ccccc4n1c32. The lowest BCUT2D eigenvalue weighted by molar-refractivity contribution is 1.15. The van der Waals surface area contributed by atoms with E-state index in [1.165, 1.54) is 54.4 Å². The fourth-order valence-electron chi connectivity index (χ4n) is 11.6. The van der Waals surface area contributed by atoms with Gasteiger partial charge < -0.3 is 13.7 Å². The fraction of sp³-hybridized carbons (Fsp3) is 0. The second-order valence-corrected chi connectivity index (χ2v) is 17.6. The second kappa shape index (κ2) is 13.1. The van der Waals surface area contributed by atoms with Crippen molar-refractivity contribution in [2.75, 3.05) is 0 Å². The van der Waals surface area contributed by atoms with Crippen molar-refractivity contribution in [2.24, 2.45) is 0 Å². The van der Waals surface area contributed by atoms with Crippen LogP contribution in [0.5, 0.6) is 0 Å². The predicted molar refractivity (Wildman–Crippen MR) is 276 cm³/mol. The number of para-hydroxylation sites is 6. The van der Waals surface area contributed by atoms with Crippen molar-refractivity contribution in [3.05, 3.63) is 229 Å². The van der Waals surface area contributed by atoms with Crippen molar-refractivity contribution in [3.8, 4) is 28.2 Å². The number of rotatable bonds is 4. The molecule has 0 aliphatic carbocycles. The number of hydrogen-bond donors (Lipinski definition) is 0. The highest BCUT2D eigenvalue weighted by atomic mass is 16.1. The molecule has 0 atom stereocenters. The van der Waals surface area contributed by atoms with Gasteiger partial charge in [0.05, 0.1) is 44.1 Å². The summed E-state index contributed by atoms with van der Waals surface area (Å²) < 4.78 is 9.24. The summed E-state index contributed by atoms with van der Waals surface area (Å²) in [4.78, 5) is 14.5. The number of fused-ring (bicyclic) bond motifs is 15. The molecule has 5 heterocycles. The van der Waals surface area contributed by atoms with Gasteiger partial charge in [0.25, 0.3) is 5.56 Å². The van der Waals surface area contributed by atoms with Gasteiger partial charge in [-0.05, 0) is 83.9 Å². The van der Waals surface area contributed by atoms with E-state index in [4.69, 9.17) is 0 Å². The van der Waals surface area contributed by atoms with Gasteiger partial charge in [0, 0.05) is 76.3 Å². The van der Waals surface area contributed by atoms with Gasteiger partial charge in [-0.15, -0.1) is 0 Å². The van der Waals surface area contributed by atoms with Gasteiger partial charge >= 0.3 is 0 Å². The van der Waals surface area contributed by atoms with Crippen LogP contribution in [-0.2, 0) is 0 Å². The maximum absolute atomic E-state index is 14.5. The van der Waals surface area contributed by atoms with Crippen LogP contribution in [0.25, 0.3) is 132 Å². The van der Waals surface area contributed by atoms with Crippen molar-refractivity contribution in [3.63, 3.8) is 0 Å². The Hall–Kier alpha value is -8.93. The van der Waals surface area contributed by atoms with E-state index in [-0.39, 0.29) is 5.56 Å². The summed E-state index contributed by atoms with van der Waals surface area (Å²) in [6, 6.07) is 78.4. The average molecular weight is 841 g/mol. The quantitative estimate of drug-likeness (QED) is 0.163. The number of aromatic nitrogens is 4. The molecule has 15 rings (SSSR count). The van der Waals surface area contributed by atoms with Crippen molar-refractivity contribution >= 4 is 103 Å². The van der Waals surface area contributed by atoms with Crippen molar-refractivity contribution in [1.29, 1.82) is 0 Å². The monoisotopic (exact) mass is 840 g/mol. The lowest BCUT2D eigenvalue weighted by Crippen LogP contribution is -2.13. The molecule has 5 heteroatoms. The summed E-state index contributed by atoms with van der Waals surface area (Å²) in [5, 5.41) is 12.2. The average Bonchev–Trinajstić information content (AvgIpc) is 4.11. The minimum atomic E-state index is 0.0108. The van der Waals surface area contributed by atoms with E-state index in [0.29, 0.717) is 0 Å². The topological polar surface area (TPSA) is 36.3 Å². The number of benzene rings is 10. The fourth-order valence-corrected chi connectivity index (χ4v) is 11.6. The molecule has 0 unspecified atom stereocenters. The Balaban J connectivity index is 0.973. The minimum Gasteiger partial charge on any atom is -0.309 e. The van der Waals surface area contributed by atoms with Crippen LogP contribution in [0, 0.1) is 0 Å². The molecule has 306 valence electrons. The highest BCUT2D eigenvalue weighted by molar-refractivity contribution is 6.25. The summed E-state index contributed by atoms with van der Waals surface area (Å²) >= 11 is 0. The molecule has 0 spiro atoms. The summed E-state index contributed by atoms with van der Waals surface area (Å²) in [6.45, 7) is 0. The van der Waals surface area contributed by atoms with Gasteiger partial charge in [0.15, 0.2) is 0 Å². The molecule has 0 bridgehead atoms. The Kier molecular flexibility index (Phi) is 7.03. The lowest BCUT2D eigenvalue weighted by atomic mass is 9.95. The highest BCUT2D eigenvalue weighted by Crippen LogP contribution is 2.44. The van der Waals surface area contributed by atoms with Crippen LogP contribution in [0.15, 0.2) is 223 Å². The molecule has 10 aromatic carbocycles. The van der Waals surface area contributed by atoms with Gasteiger partial charge in [0.2, 0.25) is 0 Å². The van der Waals surface area contributed by atoms with Crippen LogP contribution in [-0.4, -0.2) is 18.1 Å². The zero-order chi connectivity index (χ0) is 43.2. The molecule has 0 saturated carbocycles. The van der Waals surface area contributed by atoms with E-state index >= 15 is 0 Å². The van der Waals surface area contributed by atoms with Gasteiger partial charge in [-0.3, -0.25) is 9.20 Å². The van der Waals surface area contributed by atoms with Crippen molar-refractivity contribution in [2.45, 2.75) is 0 Å². The maximum atomic E-state index is 14.5. The molecule has 0 aliphatic rings. The maximum Gasteiger partial charge on any atom is 0.263 e. The molecule has 66 heavy (non-hydrogen) atoms. The molecule has 5 aromatic heterocycles. The standard InChI is InChI=1S/C61H36N4O/c66-61-50-26-13-23-41(57(50)49-25-14-24-46-42-19-6-11-30-55(42)65(61)58(46)49)37-15-12-18-39(35-37)62-52-27-8-7-22-45(52)51-36-40(31-34-56(51)62)64-54-29-10-5-21-44(54)48-33-32-47-43-20-4-9-28-53(43)63(59(47)60(48)64)38-16-2-1-3-17-38/h1-36H. The Morgan fingerprint density at radius 2 is 0.742 bits per heavy atom. The van der Waals surface area contributed by atoms with Crippen LogP contribution in [0.1, 0.15) is 0 Å². The normalized spacial score (nSPS) is 12.3. The summed E-state index contributed by atoms with van der Waals surface area (Å²) in [7, 11) is 0. The van der Waals surface area contributed by atoms with Gasteiger partial charge in [0.1, 0.15) is 0 Å². The second-order valence-electron chi connectivity index (χ2n) is 17.6. The first kappa shape index (κ1) is 35.5. The lowest BCUT2D eigenvalue weighted by Gasteiger charge is -2.14. The number of pyridine rings is 1. The number of hydrogen-bond acceptors (Lipinski definition) is 1. The van der Waals surface area contributed by atoms with Crippen LogP contribution >= 0.6 is 0 Å². The predicted octanol–water partition coefficient (Wildman–Crippen LogP) is 15.2. The van der Waals surface area contributed by atoms with Crippen LogP contribution in [0.3, 0.4) is 0 Å². The first-order chi connectivity index (χ1) is 32.7. The molecule has 0 N–H and O–H groups in total. The third-order valence-electron chi connectivity index (χ3n) is 14.3. The summed E-state index contributed by atoms with van der Waals surface area (Å²) in [6.07, 6.45) is 0. The van der Waals surface area contributed by atoms with E-state index in [2.05, 4.69) is 214 Å². The Labute approximate surface area is 376 Å². The van der Waals surface area contributed by atoms with E-state index in [1.807, 2.05) is 22.6 Å². The van der Waals surface area contributed by atoms with E-state index in [0.717, 1.165) is 77.2 Å². The van der Waals surface area contributed by atoms with E-state index < -0.39 is 0 Å². The van der Waals surface area contributed by atoms with Crippen molar-refractivity contribution in [1.82, 2.24) is 18.1 Å². The first-order valence-corrected chi connectivity index (χ1v) is 22.6.